The van der Waals surface area contributed by atoms with Crippen molar-refractivity contribution in [2.24, 2.45) is 5.73 Å². The first-order valence-corrected chi connectivity index (χ1v) is 48.2. The summed E-state index contributed by atoms with van der Waals surface area (Å²) >= 11 is 0. The molecule has 14 N–H and O–H groups in total. The van der Waals surface area contributed by atoms with Gasteiger partial charge in [0.2, 0.25) is 46.6 Å². The molecule has 38 heteroatoms. The Morgan fingerprint density at radius 3 is 1.13 bits per heavy atom. The lowest BCUT2D eigenvalue weighted by Crippen LogP contribution is -2.54. The summed E-state index contributed by atoms with van der Waals surface area (Å²) in [5, 5.41) is 49.7. The zero-order valence-electron chi connectivity index (χ0n) is 78.2. The molecule has 14 rings (SSSR count). The van der Waals surface area contributed by atoms with E-state index in [0.717, 1.165) is 118 Å². The van der Waals surface area contributed by atoms with Gasteiger partial charge in [-0.25, -0.2) is 22.4 Å². The molecule has 6 aliphatic rings. The van der Waals surface area contributed by atoms with Crippen LogP contribution in [-0.4, -0.2) is 179 Å². The summed E-state index contributed by atoms with van der Waals surface area (Å²) in [5.41, 5.74) is 4.54. The molecule has 4 atom stereocenters. The molecule has 15 amide bonds. The molecule has 2 aromatic heterocycles. The van der Waals surface area contributed by atoms with Crippen molar-refractivity contribution in [3.63, 3.8) is 0 Å². The number of aromatic amines is 2. The van der Waals surface area contributed by atoms with Gasteiger partial charge in [-0.05, 0) is 153 Å². The Morgan fingerprint density at radius 2 is 0.766 bits per heavy atom. The van der Waals surface area contributed by atoms with Gasteiger partial charge in [0.1, 0.15) is 46.7 Å². The van der Waals surface area contributed by atoms with Gasteiger partial charge in [0.05, 0.1) is 33.6 Å². The van der Waals surface area contributed by atoms with E-state index in [1.54, 1.807) is 66.7 Å². The molecule has 8 heterocycles. The van der Waals surface area contributed by atoms with Gasteiger partial charge in [-0.1, -0.05) is 174 Å². The third-order valence-electron chi connectivity index (χ3n) is 25.9. The summed E-state index contributed by atoms with van der Waals surface area (Å²) in [6.07, 6.45) is 32.3. The quantitative estimate of drug-likeness (QED) is 0.00729. The van der Waals surface area contributed by atoms with Gasteiger partial charge < -0.3 is 67.4 Å². The number of imide groups is 4. The van der Waals surface area contributed by atoms with Crippen molar-refractivity contribution in [3.8, 4) is 0 Å². The number of nitrogens with two attached hydrogens (primary N) is 1. The number of nitrogens with zero attached hydrogens (tertiary/aromatic N) is 4. The normalized spacial score (nSPS) is 17.6. The Morgan fingerprint density at radius 1 is 0.418 bits per heavy atom. The molecule has 6 aliphatic heterocycles. The number of carbonyl (C=O) groups is 16. The average Bonchev–Trinajstić information content (AvgIpc) is 1.63. The Kier molecular flexibility index (Phi) is 40.6. The number of fused-ring (bicyclic) bond motifs is 4. The van der Waals surface area contributed by atoms with E-state index in [-0.39, 0.29) is 160 Å². The molecule has 756 valence electrons. The van der Waals surface area contributed by atoms with E-state index in [1.807, 2.05) is 0 Å². The molecule has 0 aliphatic carbocycles. The predicted octanol–water partition coefficient (Wildman–Crippen LogP) is 14.4. The van der Waals surface area contributed by atoms with Gasteiger partial charge in [0, 0.05) is 117 Å². The largest absolute Gasteiger partial charge is 0.477 e. The number of hydrogen-bond donors (Lipinski definition) is 13. The number of rotatable bonds is 47. The molecular weight excluding hydrogens is 1850 g/mol. The third kappa shape index (κ3) is 28.8. The van der Waals surface area contributed by atoms with Crippen LogP contribution in [0.25, 0.3) is 21.8 Å². The number of hydrogen-bond acceptors (Lipinski definition) is 19. The van der Waals surface area contributed by atoms with Gasteiger partial charge in [0.25, 0.3) is 53.2 Å². The number of aromatic nitrogens is 2. The number of aliphatic hydroxyl groups is 2. The van der Waals surface area contributed by atoms with Crippen LogP contribution in [-0.2, 0) is 61.0 Å². The van der Waals surface area contributed by atoms with Crippen LogP contribution in [0.5, 0.6) is 0 Å². The number of nitrogens with one attached hydrogen (secondary N) is 9. The van der Waals surface area contributed by atoms with Crippen LogP contribution in [0.1, 0.15) is 312 Å². The van der Waals surface area contributed by atoms with Crippen LogP contribution in [0.4, 0.5) is 40.3 Å². The summed E-state index contributed by atoms with van der Waals surface area (Å²) < 4.78 is 53.7. The Balaban J connectivity index is 0.000000239. The van der Waals surface area contributed by atoms with E-state index in [9.17, 15) is 104 Å². The van der Waals surface area contributed by atoms with E-state index in [2.05, 4.69) is 47.2 Å². The molecule has 141 heavy (non-hydrogen) atoms. The first-order valence-electron chi connectivity index (χ1n) is 48.2. The second kappa shape index (κ2) is 52.3. The van der Waals surface area contributed by atoms with Crippen molar-refractivity contribution in [2.45, 2.75) is 275 Å². The lowest BCUT2D eigenvalue weighted by atomic mass is 10.0. The van der Waals surface area contributed by atoms with Crippen LogP contribution in [0.3, 0.4) is 0 Å². The maximum Gasteiger partial charge on any atom is 0.352 e. The number of halogens is 4. The standard InChI is InChI=1S/C51H59F2N7O9.C30H44N4O5.C21H17F2N3O5.CH4.H2S/c52-34-26-32(27-35(53)30-34)31-55-49(67)51(69)23-25-59(50(51)68)36-19-20-38-33(28-36)29-40(56-38)45(63)54-24-14-12-10-8-6-4-2-1-3-5-7-9-11-13-18-42(61)57-39-17-15-16-37-44(39)48(66)60(47(37)65)41-21-22-43(62)58-46(41)64;31-21-14-12-10-8-6-4-2-1-3-5-7-9-11-13-18-25(35)32-23-17-15-16-22-27(23)30(39)34(29(22)38)24-19-20-26(36)33-28(24)37;22-13-5-11(6-14(23)9-13)10-24-19(29)21(31)3-4-26(20(21)30)15-1-2-16-12(7-15)8-17(25-16)18(27)28;;/h15-17,19-20,26-30,41,56,69H,1-14,18,21-25,31H2,(H,54,63)(H,55,67)(H,57,61)(H,58,62,64);15-17,24H,1-14,18-21,31H2,(H,32,35)(H,33,36,37);1-2,5-9,25,31H,3-4,10H2,(H,24,29)(H,27,28);1H4;1H2/t41?,51-;;21-;;/m0.0../s1. The van der Waals surface area contributed by atoms with Gasteiger partial charge in [-0.15, -0.1) is 0 Å². The number of carboxylic acid groups (broad SMARTS) is 1. The number of H-pyrrole nitrogens is 2. The summed E-state index contributed by atoms with van der Waals surface area (Å²) in [7, 11) is 0. The second-order valence-corrected chi connectivity index (χ2v) is 36.2. The lowest BCUT2D eigenvalue weighted by Gasteiger charge is -2.27. The van der Waals surface area contributed by atoms with Gasteiger partial charge in [-0.2, -0.15) is 13.5 Å². The van der Waals surface area contributed by atoms with E-state index in [0.29, 0.717) is 70.4 Å². The Bertz CT molecular complexity index is 5890. The zero-order chi connectivity index (χ0) is 99.5. The smallest absolute Gasteiger partial charge is 0.352 e. The molecule has 6 aromatic carbocycles. The highest BCUT2D eigenvalue weighted by Crippen LogP contribution is 2.38. The minimum absolute atomic E-state index is 0. The highest BCUT2D eigenvalue weighted by Gasteiger charge is 2.54. The number of aromatic carboxylic acids is 1. The number of amides is 15. The van der Waals surface area contributed by atoms with Crippen LogP contribution >= 0.6 is 13.5 Å². The fourth-order valence-electron chi connectivity index (χ4n) is 18.3. The van der Waals surface area contributed by atoms with Crippen LogP contribution in [0.2, 0.25) is 0 Å². The van der Waals surface area contributed by atoms with Gasteiger partial charge in [-0.3, -0.25) is 92.4 Å². The summed E-state index contributed by atoms with van der Waals surface area (Å²) in [6.45, 7) is 0.927. The summed E-state index contributed by atoms with van der Waals surface area (Å²) in [6, 6.07) is 25.8. The minimum Gasteiger partial charge on any atom is -0.477 e. The molecule has 2 unspecified atom stereocenters. The van der Waals surface area contributed by atoms with Gasteiger partial charge >= 0.3 is 5.97 Å². The van der Waals surface area contributed by atoms with Gasteiger partial charge in [0.15, 0.2) is 0 Å². The predicted molar refractivity (Wildman–Crippen MR) is 524 cm³/mol. The molecule has 33 nitrogen and oxygen atoms in total. The molecule has 0 radical (unpaired) electrons. The monoisotopic (exact) mass is 1970 g/mol. The zero-order valence-corrected chi connectivity index (χ0v) is 79.2. The summed E-state index contributed by atoms with van der Waals surface area (Å²) in [5.74, 6) is -13.3. The average molecular weight is 1970 g/mol. The number of piperidine rings is 2. The Labute approximate surface area is 821 Å². The fourth-order valence-corrected chi connectivity index (χ4v) is 18.3. The number of carboxylic acids is 1. The van der Waals surface area contributed by atoms with Crippen molar-refractivity contribution in [2.75, 3.05) is 46.6 Å². The van der Waals surface area contributed by atoms with Crippen LogP contribution in [0, 0.1) is 23.3 Å². The maximum absolute atomic E-state index is 13.6. The van der Waals surface area contributed by atoms with E-state index >= 15 is 0 Å². The summed E-state index contributed by atoms with van der Waals surface area (Å²) in [4.78, 5) is 211. The third-order valence-corrected chi connectivity index (χ3v) is 25.9. The van der Waals surface area contributed by atoms with E-state index in [4.69, 9.17) is 10.8 Å². The van der Waals surface area contributed by atoms with Crippen LogP contribution < -0.4 is 52.8 Å². The highest BCUT2D eigenvalue weighted by molar-refractivity contribution is 7.59. The highest BCUT2D eigenvalue weighted by atomic mass is 32.1. The number of benzene rings is 6. The molecular formula is C103H126F4N14O19S. The van der Waals surface area contributed by atoms with Crippen molar-refractivity contribution >= 4 is 153 Å². The molecule has 0 saturated carbocycles. The lowest BCUT2D eigenvalue weighted by molar-refractivity contribution is -0.150. The van der Waals surface area contributed by atoms with Crippen molar-refractivity contribution in [3.05, 3.63) is 189 Å². The SMILES string of the molecule is C.NCCCCCCCCCCCCCCCCC(=O)Nc1cccc2c1C(=O)N(C1CCC(=O)NC1=O)C2=O.O=C(O)c1cc2cc(N3CC[C@](O)(C(=O)NCc4cc(F)cc(F)c4)C3=O)ccc2[nH]1.O=C1CCC(N2C(=O)c3cccc(NC(=O)CCCCCCCCCCCCCCCCNC(=O)c4cc5cc(N6CC[C@](O)(C(=O)NCc7cc(F)cc(F)c7)C6=O)ccc5[nH]4)c3C2=O)C(=O)N1.S. The Hall–Kier alpha value is -13.3. The molecule has 8 aromatic rings. The van der Waals surface area contributed by atoms with Crippen LogP contribution in [0.15, 0.2) is 121 Å². The number of anilines is 4. The first-order chi connectivity index (χ1) is 66.8. The van der Waals surface area contributed by atoms with Crippen molar-refractivity contribution < 1.29 is 110 Å². The maximum atomic E-state index is 13.6. The topological polar surface area (TPSA) is 489 Å². The number of unbranched alkanes of at least 4 members (excludes halogenated alkanes) is 26. The molecule has 0 spiro atoms. The number of carbonyl (C=O) groups excluding carboxylic acids is 15. The van der Waals surface area contributed by atoms with E-state index < -0.39 is 123 Å². The van der Waals surface area contributed by atoms with Crippen molar-refractivity contribution in [1.82, 2.24) is 46.4 Å². The molecule has 4 saturated heterocycles. The molecule has 0 bridgehead atoms. The fraction of sp³-hybridized carbons (Fsp3) is 0.456. The van der Waals surface area contributed by atoms with Crippen molar-refractivity contribution in [1.29, 1.82) is 0 Å². The second-order valence-electron chi connectivity index (χ2n) is 36.2. The minimum atomic E-state index is -2.34. The first kappa shape index (κ1) is 110. The van der Waals surface area contributed by atoms with E-state index in [1.165, 1.54) is 124 Å². The molecule has 4 fully saturated rings.